The van der Waals surface area contributed by atoms with E-state index in [1.165, 1.54) is 0 Å². The highest BCUT2D eigenvalue weighted by atomic mass is 16.5. The Morgan fingerprint density at radius 2 is 1.95 bits per heavy atom. The van der Waals surface area contributed by atoms with Gasteiger partial charge < -0.3 is 14.8 Å². The molecule has 0 radical (unpaired) electrons. The van der Waals surface area contributed by atoms with Crippen LogP contribution in [0.2, 0.25) is 0 Å². The van der Waals surface area contributed by atoms with E-state index in [1.54, 1.807) is 0 Å². The quantitative estimate of drug-likeness (QED) is 0.508. The summed E-state index contributed by atoms with van der Waals surface area (Å²) in [5.74, 6) is 6.14. The van der Waals surface area contributed by atoms with Crippen LogP contribution in [0.4, 0.5) is 11.9 Å². The van der Waals surface area contributed by atoms with Gasteiger partial charge in [0.05, 0.1) is 6.61 Å². The molecular formula is C13H24N6O2. The Labute approximate surface area is 124 Å². The van der Waals surface area contributed by atoms with Crippen molar-refractivity contribution in [3.8, 4) is 6.01 Å². The van der Waals surface area contributed by atoms with Crippen molar-refractivity contribution in [3.05, 3.63) is 0 Å². The molecule has 8 heteroatoms. The molecule has 1 fully saturated rings. The highest BCUT2D eigenvalue weighted by Gasteiger charge is 2.27. The van der Waals surface area contributed by atoms with Crippen LogP contribution in [0.1, 0.15) is 33.1 Å². The molecule has 0 spiro atoms. The predicted octanol–water partition coefficient (Wildman–Crippen LogP) is 1.17. The van der Waals surface area contributed by atoms with Crippen LogP contribution in [0.5, 0.6) is 6.01 Å². The zero-order valence-corrected chi connectivity index (χ0v) is 12.7. The van der Waals surface area contributed by atoms with Crippen LogP contribution in [0.25, 0.3) is 0 Å². The number of ether oxygens (including phenoxy) is 2. The normalized spacial score (nSPS) is 17.3. The summed E-state index contributed by atoms with van der Waals surface area (Å²) in [7, 11) is 0. The van der Waals surface area contributed by atoms with E-state index in [0.717, 1.165) is 39.0 Å². The van der Waals surface area contributed by atoms with E-state index >= 15 is 0 Å². The average molecular weight is 296 g/mol. The fraction of sp³-hybridized carbons (Fsp3) is 0.769. The topological polar surface area (TPSA) is 107 Å². The summed E-state index contributed by atoms with van der Waals surface area (Å²) in [6.07, 6.45) is 2.93. The van der Waals surface area contributed by atoms with E-state index in [1.807, 2.05) is 6.92 Å². The summed E-state index contributed by atoms with van der Waals surface area (Å²) >= 11 is 0. The summed E-state index contributed by atoms with van der Waals surface area (Å²) in [6, 6.07) is 0.277. The molecule has 0 unspecified atom stereocenters. The molecule has 21 heavy (non-hydrogen) atoms. The summed E-state index contributed by atoms with van der Waals surface area (Å²) in [5.41, 5.74) is 2.62. The zero-order chi connectivity index (χ0) is 15.1. The van der Waals surface area contributed by atoms with Gasteiger partial charge in [0.15, 0.2) is 0 Å². The van der Waals surface area contributed by atoms with Crippen molar-refractivity contribution < 1.29 is 9.47 Å². The van der Waals surface area contributed by atoms with Gasteiger partial charge in [0.1, 0.15) is 0 Å². The number of anilines is 2. The molecule has 8 nitrogen and oxygen atoms in total. The summed E-state index contributed by atoms with van der Waals surface area (Å²) in [5, 5.41) is 3.25. The van der Waals surface area contributed by atoms with Crippen LogP contribution >= 0.6 is 0 Å². The first-order valence-electron chi connectivity index (χ1n) is 7.32. The van der Waals surface area contributed by atoms with Crippen molar-refractivity contribution in [2.45, 2.75) is 33.1 Å². The number of nitrogens with zero attached hydrogens (tertiary/aromatic N) is 3. The molecule has 0 saturated carbocycles. The van der Waals surface area contributed by atoms with E-state index in [9.17, 15) is 0 Å². The average Bonchev–Trinajstić information content (AvgIpc) is 2.51. The molecule has 0 aromatic carbocycles. The van der Waals surface area contributed by atoms with Crippen LogP contribution in [0.3, 0.4) is 0 Å². The molecule has 118 valence electrons. The van der Waals surface area contributed by atoms with Gasteiger partial charge in [-0.3, -0.25) is 5.43 Å². The Bertz CT molecular complexity index is 450. The number of hydrogen-bond donors (Lipinski definition) is 3. The molecule has 0 atom stereocenters. The van der Waals surface area contributed by atoms with Gasteiger partial charge in [-0.25, -0.2) is 5.84 Å². The standard InChI is InChI=1S/C13H24N6O2/c1-3-6-21-12-17-10(16-11(18-12)19-14)15-9-13(2)4-7-20-8-5-13/h3-9,14H2,1-2H3,(H2,15,16,17,18,19). The molecule has 1 saturated heterocycles. The fourth-order valence-electron chi connectivity index (χ4n) is 2.09. The largest absolute Gasteiger partial charge is 0.463 e. The maximum atomic E-state index is 5.44. The second kappa shape index (κ2) is 7.37. The number of nitrogen functional groups attached to an aromatic ring is 1. The molecule has 1 aromatic rings. The summed E-state index contributed by atoms with van der Waals surface area (Å²) in [6.45, 7) is 7.19. The fourth-order valence-corrected chi connectivity index (χ4v) is 2.09. The lowest BCUT2D eigenvalue weighted by molar-refractivity contribution is 0.0299. The third-order valence-electron chi connectivity index (χ3n) is 3.55. The predicted molar refractivity (Wildman–Crippen MR) is 80.1 cm³/mol. The lowest BCUT2D eigenvalue weighted by Gasteiger charge is -2.33. The number of hydrazine groups is 1. The van der Waals surface area contributed by atoms with Gasteiger partial charge >= 0.3 is 6.01 Å². The van der Waals surface area contributed by atoms with Gasteiger partial charge in [0, 0.05) is 19.8 Å². The monoisotopic (exact) mass is 296 g/mol. The zero-order valence-electron chi connectivity index (χ0n) is 12.7. The molecular weight excluding hydrogens is 272 g/mol. The van der Waals surface area contributed by atoms with E-state index in [2.05, 4.69) is 32.6 Å². The van der Waals surface area contributed by atoms with Gasteiger partial charge in [-0.1, -0.05) is 13.8 Å². The Balaban J connectivity index is 2.00. The Kier molecular flexibility index (Phi) is 5.51. The number of hydrogen-bond acceptors (Lipinski definition) is 8. The molecule has 2 heterocycles. The molecule has 1 aromatic heterocycles. The van der Waals surface area contributed by atoms with Gasteiger partial charge in [-0.15, -0.1) is 0 Å². The van der Waals surface area contributed by atoms with Gasteiger partial charge in [-0.05, 0) is 24.7 Å². The van der Waals surface area contributed by atoms with E-state index in [0.29, 0.717) is 12.6 Å². The van der Waals surface area contributed by atoms with Gasteiger partial charge in [-0.2, -0.15) is 15.0 Å². The number of aromatic nitrogens is 3. The molecule has 1 aliphatic heterocycles. The third kappa shape index (κ3) is 4.68. The highest BCUT2D eigenvalue weighted by Crippen LogP contribution is 2.29. The Hall–Kier alpha value is -1.67. The van der Waals surface area contributed by atoms with Crippen molar-refractivity contribution in [3.63, 3.8) is 0 Å². The van der Waals surface area contributed by atoms with E-state index < -0.39 is 0 Å². The SMILES string of the molecule is CCCOc1nc(NN)nc(NCC2(C)CCOCC2)n1. The van der Waals surface area contributed by atoms with Gasteiger partial charge in [0.25, 0.3) is 0 Å². The van der Waals surface area contributed by atoms with Crippen LogP contribution < -0.4 is 21.3 Å². The minimum atomic E-state index is 0.186. The van der Waals surface area contributed by atoms with Crippen LogP contribution in [0.15, 0.2) is 0 Å². The highest BCUT2D eigenvalue weighted by molar-refractivity contribution is 5.35. The summed E-state index contributed by atoms with van der Waals surface area (Å²) < 4.78 is 10.8. The molecule has 4 N–H and O–H groups in total. The lowest BCUT2D eigenvalue weighted by Crippen LogP contribution is -2.33. The van der Waals surface area contributed by atoms with E-state index in [-0.39, 0.29) is 17.4 Å². The Morgan fingerprint density at radius 1 is 1.24 bits per heavy atom. The molecule has 0 amide bonds. The van der Waals surface area contributed by atoms with Crippen LogP contribution in [-0.2, 0) is 4.74 Å². The smallest absolute Gasteiger partial charge is 0.323 e. The maximum Gasteiger partial charge on any atom is 0.323 e. The second-order valence-electron chi connectivity index (χ2n) is 5.53. The summed E-state index contributed by atoms with van der Waals surface area (Å²) in [4.78, 5) is 12.5. The van der Waals surface area contributed by atoms with Crippen molar-refractivity contribution in [1.82, 2.24) is 15.0 Å². The van der Waals surface area contributed by atoms with Crippen LogP contribution in [0, 0.1) is 5.41 Å². The van der Waals surface area contributed by atoms with Crippen molar-refractivity contribution in [2.75, 3.05) is 37.1 Å². The van der Waals surface area contributed by atoms with Crippen molar-refractivity contribution in [1.29, 1.82) is 0 Å². The first-order valence-corrected chi connectivity index (χ1v) is 7.32. The maximum absolute atomic E-state index is 5.44. The van der Waals surface area contributed by atoms with Crippen molar-refractivity contribution in [2.24, 2.45) is 11.3 Å². The second-order valence-corrected chi connectivity index (χ2v) is 5.53. The third-order valence-corrected chi connectivity index (χ3v) is 3.55. The molecule has 1 aliphatic rings. The first-order chi connectivity index (χ1) is 10.1. The minimum absolute atomic E-state index is 0.186. The molecule has 0 bridgehead atoms. The van der Waals surface area contributed by atoms with Crippen molar-refractivity contribution >= 4 is 11.9 Å². The molecule has 2 rings (SSSR count). The number of rotatable bonds is 7. The van der Waals surface area contributed by atoms with Crippen LogP contribution in [-0.4, -0.2) is 41.3 Å². The number of nitrogens with one attached hydrogen (secondary N) is 2. The first kappa shape index (κ1) is 15.7. The molecule has 0 aliphatic carbocycles. The lowest BCUT2D eigenvalue weighted by atomic mass is 9.82. The minimum Gasteiger partial charge on any atom is -0.463 e. The van der Waals surface area contributed by atoms with E-state index in [4.69, 9.17) is 15.3 Å². The Morgan fingerprint density at radius 3 is 2.62 bits per heavy atom. The number of nitrogens with two attached hydrogens (primary N) is 1. The van der Waals surface area contributed by atoms with Gasteiger partial charge in [0.2, 0.25) is 11.9 Å².